The molecule has 29 heavy (non-hydrogen) atoms. The summed E-state index contributed by atoms with van der Waals surface area (Å²) in [6, 6.07) is 5.20. The molecule has 1 saturated heterocycles. The quantitative estimate of drug-likeness (QED) is 0.214. The van der Waals surface area contributed by atoms with Gasteiger partial charge >= 0.3 is 0 Å². The lowest BCUT2D eigenvalue weighted by Crippen LogP contribution is -2.43. The fraction of sp³-hybridized carbons (Fsp3) is 0.619. The first-order valence-electron chi connectivity index (χ1n) is 10.2. The fourth-order valence-electron chi connectivity index (χ4n) is 3.39. The summed E-state index contributed by atoms with van der Waals surface area (Å²) in [4.78, 5) is 18.8. The largest absolute Gasteiger partial charge is 0.356 e. The Kier molecular flexibility index (Phi) is 12.1. The van der Waals surface area contributed by atoms with Gasteiger partial charge in [-0.05, 0) is 57.4 Å². The van der Waals surface area contributed by atoms with Crippen LogP contribution in [0.1, 0.15) is 48.5 Å². The molecule has 0 aliphatic carbocycles. The van der Waals surface area contributed by atoms with Gasteiger partial charge in [0.2, 0.25) is 0 Å². The van der Waals surface area contributed by atoms with E-state index in [1.165, 1.54) is 31.9 Å². The second-order valence-electron chi connectivity index (χ2n) is 7.38. The van der Waals surface area contributed by atoms with Gasteiger partial charge in [-0.3, -0.25) is 9.79 Å². The van der Waals surface area contributed by atoms with Crippen LogP contribution < -0.4 is 16.0 Å². The van der Waals surface area contributed by atoms with Crippen molar-refractivity contribution < 1.29 is 9.18 Å². The van der Waals surface area contributed by atoms with E-state index < -0.39 is 0 Å². The normalized spacial score (nSPS) is 17.4. The zero-order valence-corrected chi connectivity index (χ0v) is 20.1. The number of aliphatic imine (C=N–C) groups is 1. The van der Waals surface area contributed by atoms with Crippen LogP contribution in [0.5, 0.6) is 0 Å². The van der Waals surface area contributed by atoms with E-state index in [0.29, 0.717) is 30.3 Å². The van der Waals surface area contributed by atoms with Crippen molar-refractivity contribution in [3.8, 4) is 0 Å². The third-order valence-electron chi connectivity index (χ3n) is 5.22. The van der Waals surface area contributed by atoms with Crippen LogP contribution in [-0.2, 0) is 0 Å². The van der Waals surface area contributed by atoms with E-state index in [4.69, 9.17) is 0 Å². The molecule has 0 spiro atoms. The number of halogens is 2. The summed E-state index contributed by atoms with van der Waals surface area (Å²) < 4.78 is 13.5. The molecule has 0 radical (unpaired) electrons. The van der Waals surface area contributed by atoms with Crippen LogP contribution in [0.25, 0.3) is 0 Å². The number of likely N-dealkylation sites (tertiary alicyclic amines) is 1. The first kappa shape index (κ1) is 25.6. The van der Waals surface area contributed by atoms with Crippen molar-refractivity contribution in [2.45, 2.75) is 45.6 Å². The first-order valence-corrected chi connectivity index (χ1v) is 10.2. The zero-order chi connectivity index (χ0) is 20.4. The maximum atomic E-state index is 13.5. The predicted octanol–water partition coefficient (Wildman–Crippen LogP) is 2.91. The van der Waals surface area contributed by atoms with E-state index in [0.717, 1.165) is 25.5 Å². The number of nitrogens with zero attached hydrogens (tertiary/aromatic N) is 2. The number of nitrogens with one attached hydrogen (secondary N) is 3. The van der Waals surface area contributed by atoms with E-state index in [2.05, 4.69) is 32.8 Å². The lowest BCUT2D eigenvalue weighted by atomic mass is 10.0. The van der Waals surface area contributed by atoms with E-state index in [-0.39, 0.29) is 35.7 Å². The molecular formula is C21H35FIN5O. The second-order valence-corrected chi connectivity index (χ2v) is 7.38. The third kappa shape index (κ3) is 8.86. The summed E-state index contributed by atoms with van der Waals surface area (Å²) >= 11 is 0. The van der Waals surface area contributed by atoms with Crippen molar-refractivity contribution in [1.82, 2.24) is 20.9 Å². The number of carbonyl (C=O) groups is 1. The first-order chi connectivity index (χ1) is 13.5. The number of aryl methyl sites for hydroxylation is 1. The monoisotopic (exact) mass is 519 g/mol. The summed E-state index contributed by atoms with van der Waals surface area (Å²) in [5.41, 5.74) is 0.861. The summed E-state index contributed by atoms with van der Waals surface area (Å²) in [6.45, 7) is 8.13. The SMILES string of the molecule is CN=C(NCCCN1CCCCC1C)NCCNC(=O)c1ccc(C)c(F)c1.I. The van der Waals surface area contributed by atoms with Crippen LogP contribution in [0, 0.1) is 12.7 Å². The molecule has 2 rings (SSSR count). The van der Waals surface area contributed by atoms with Crippen molar-refractivity contribution >= 4 is 35.8 Å². The highest BCUT2D eigenvalue weighted by Gasteiger charge is 2.17. The Labute approximate surface area is 191 Å². The Hall–Kier alpha value is -1.42. The van der Waals surface area contributed by atoms with Crippen molar-refractivity contribution in [1.29, 1.82) is 0 Å². The summed E-state index contributed by atoms with van der Waals surface area (Å²) in [5.74, 6) is 0.0796. The number of piperidine rings is 1. The Morgan fingerprint density at radius 2 is 1.93 bits per heavy atom. The predicted molar refractivity (Wildman–Crippen MR) is 128 cm³/mol. The van der Waals surface area contributed by atoms with E-state index in [9.17, 15) is 9.18 Å². The van der Waals surface area contributed by atoms with Gasteiger partial charge in [0.25, 0.3) is 5.91 Å². The van der Waals surface area contributed by atoms with Crippen LogP contribution in [0.4, 0.5) is 4.39 Å². The van der Waals surface area contributed by atoms with Crippen LogP contribution in [-0.4, -0.2) is 62.6 Å². The van der Waals surface area contributed by atoms with Gasteiger partial charge in [0, 0.05) is 44.8 Å². The molecule has 1 heterocycles. The van der Waals surface area contributed by atoms with E-state index >= 15 is 0 Å². The highest BCUT2D eigenvalue weighted by Crippen LogP contribution is 2.16. The topological polar surface area (TPSA) is 68.8 Å². The molecule has 1 unspecified atom stereocenters. The second kappa shape index (κ2) is 13.7. The van der Waals surface area contributed by atoms with Gasteiger partial charge in [-0.15, -0.1) is 24.0 Å². The number of benzene rings is 1. The molecule has 0 saturated carbocycles. The fourth-order valence-corrected chi connectivity index (χ4v) is 3.39. The highest BCUT2D eigenvalue weighted by molar-refractivity contribution is 14.0. The maximum absolute atomic E-state index is 13.5. The Bertz CT molecular complexity index is 670. The minimum Gasteiger partial charge on any atom is -0.356 e. The molecule has 1 aromatic carbocycles. The average Bonchev–Trinajstić information content (AvgIpc) is 2.69. The third-order valence-corrected chi connectivity index (χ3v) is 5.22. The van der Waals surface area contributed by atoms with E-state index in [1.807, 2.05) is 0 Å². The van der Waals surface area contributed by atoms with Crippen molar-refractivity contribution in [2.24, 2.45) is 4.99 Å². The number of guanidine groups is 1. The summed E-state index contributed by atoms with van der Waals surface area (Å²) in [5, 5.41) is 9.27. The molecule has 6 nitrogen and oxygen atoms in total. The molecule has 1 aromatic rings. The molecule has 1 amide bonds. The molecule has 1 aliphatic rings. The van der Waals surface area contributed by atoms with E-state index in [1.54, 1.807) is 26.1 Å². The molecule has 8 heteroatoms. The van der Waals surface area contributed by atoms with Gasteiger partial charge in [-0.1, -0.05) is 12.5 Å². The molecule has 3 N–H and O–H groups in total. The number of carbonyl (C=O) groups excluding carboxylic acids is 1. The average molecular weight is 519 g/mol. The number of hydrogen-bond acceptors (Lipinski definition) is 3. The van der Waals surface area contributed by atoms with Gasteiger partial charge < -0.3 is 20.9 Å². The molecule has 164 valence electrons. The Morgan fingerprint density at radius 1 is 1.21 bits per heavy atom. The van der Waals surface area contributed by atoms with Gasteiger partial charge in [-0.2, -0.15) is 0 Å². The Balaban J connectivity index is 0.00000420. The van der Waals surface area contributed by atoms with Crippen LogP contribution >= 0.6 is 24.0 Å². The smallest absolute Gasteiger partial charge is 0.251 e. The number of hydrogen-bond donors (Lipinski definition) is 3. The van der Waals surface area contributed by atoms with Gasteiger partial charge in [0.05, 0.1) is 0 Å². The van der Waals surface area contributed by atoms with Gasteiger partial charge in [-0.25, -0.2) is 4.39 Å². The molecule has 0 aromatic heterocycles. The minimum atomic E-state index is -0.366. The summed E-state index contributed by atoms with van der Waals surface area (Å²) in [6.07, 6.45) is 5.03. The van der Waals surface area contributed by atoms with Crippen molar-refractivity contribution in [2.75, 3.05) is 39.8 Å². The lowest BCUT2D eigenvalue weighted by molar-refractivity contribution is 0.0954. The molecule has 0 bridgehead atoms. The molecule has 1 aliphatic heterocycles. The minimum absolute atomic E-state index is 0. The zero-order valence-electron chi connectivity index (χ0n) is 17.8. The molecular weight excluding hydrogens is 484 g/mol. The van der Waals surface area contributed by atoms with Crippen molar-refractivity contribution in [3.63, 3.8) is 0 Å². The summed E-state index contributed by atoms with van der Waals surface area (Å²) in [7, 11) is 1.73. The highest BCUT2D eigenvalue weighted by atomic mass is 127. The maximum Gasteiger partial charge on any atom is 0.251 e. The van der Waals surface area contributed by atoms with Crippen molar-refractivity contribution in [3.05, 3.63) is 35.1 Å². The number of rotatable bonds is 8. The van der Waals surface area contributed by atoms with Gasteiger partial charge in [0.1, 0.15) is 5.82 Å². The lowest BCUT2D eigenvalue weighted by Gasteiger charge is -2.33. The Morgan fingerprint density at radius 3 is 2.62 bits per heavy atom. The standard InChI is InChI=1S/C21H34FN5O.HI/c1-16-8-9-18(15-19(16)22)20(28)24-11-12-26-21(23-3)25-10-6-14-27-13-5-4-7-17(27)2;/h8-9,15,17H,4-7,10-14H2,1-3H3,(H,24,28)(H2,23,25,26);1H. The molecule has 1 atom stereocenters. The number of amides is 1. The molecule has 1 fully saturated rings. The van der Waals surface area contributed by atoms with Gasteiger partial charge in [0.15, 0.2) is 5.96 Å². The van der Waals surface area contributed by atoms with Crippen LogP contribution in [0.15, 0.2) is 23.2 Å². The van der Waals surface area contributed by atoms with Crippen LogP contribution in [0.2, 0.25) is 0 Å². The van der Waals surface area contributed by atoms with Crippen LogP contribution in [0.3, 0.4) is 0 Å².